The van der Waals surface area contributed by atoms with E-state index in [1.165, 1.54) is 48.5 Å². The second-order valence-electron chi connectivity index (χ2n) is 6.92. The number of amides is 2. The molecule has 3 aromatic rings. The summed E-state index contributed by atoms with van der Waals surface area (Å²) in [5, 5.41) is 12.1. The van der Waals surface area contributed by atoms with Crippen molar-refractivity contribution >= 4 is 28.8 Å². The number of ether oxygens (including phenoxy) is 1. The van der Waals surface area contributed by atoms with Crippen molar-refractivity contribution in [1.29, 1.82) is 5.26 Å². The standard InChI is InChI=1S/C25H18FN3O3/c1-2-32-21-6-4-3-5-20(21)28-23-22(17-9-11-18(26)12-10-17)24(30)29(25(23)31)19-13-7-16(15-27)8-14-19/h3-14,28H,2H2,1H3. The van der Waals surface area contributed by atoms with Crippen LogP contribution in [0.2, 0.25) is 0 Å². The van der Waals surface area contributed by atoms with Gasteiger partial charge in [-0.2, -0.15) is 5.26 Å². The topological polar surface area (TPSA) is 82.4 Å². The van der Waals surface area contributed by atoms with Crippen molar-refractivity contribution in [3.63, 3.8) is 0 Å². The number of hydrogen-bond donors (Lipinski definition) is 1. The number of nitrogens with one attached hydrogen (secondary N) is 1. The van der Waals surface area contributed by atoms with E-state index in [2.05, 4.69) is 5.32 Å². The van der Waals surface area contributed by atoms with Crippen molar-refractivity contribution in [3.05, 3.63) is 95.4 Å². The Morgan fingerprint density at radius 2 is 1.66 bits per heavy atom. The van der Waals surface area contributed by atoms with Crippen LogP contribution in [0.5, 0.6) is 5.75 Å². The molecule has 1 heterocycles. The lowest BCUT2D eigenvalue weighted by atomic mass is 10.0. The molecule has 0 spiro atoms. The zero-order valence-corrected chi connectivity index (χ0v) is 17.1. The molecule has 1 aliphatic heterocycles. The number of anilines is 2. The fraction of sp³-hybridized carbons (Fsp3) is 0.0800. The normalized spacial score (nSPS) is 13.3. The molecule has 0 fully saturated rings. The number of nitrogens with zero attached hydrogens (tertiary/aromatic N) is 2. The lowest BCUT2D eigenvalue weighted by molar-refractivity contribution is -0.120. The number of imide groups is 1. The zero-order chi connectivity index (χ0) is 22.7. The molecule has 4 rings (SSSR count). The molecule has 0 unspecified atom stereocenters. The summed E-state index contributed by atoms with van der Waals surface area (Å²) in [5.41, 5.74) is 1.82. The van der Waals surface area contributed by atoms with E-state index in [0.29, 0.717) is 34.9 Å². The number of para-hydroxylation sites is 2. The Kier molecular flexibility index (Phi) is 5.69. The van der Waals surface area contributed by atoms with Crippen LogP contribution in [0.3, 0.4) is 0 Å². The van der Waals surface area contributed by atoms with Gasteiger partial charge in [0.1, 0.15) is 17.3 Å². The second kappa shape index (κ2) is 8.74. The minimum atomic E-state index is -0.565. The van der Waals surface area contributed by atoms with Crippen LogP contribution >= 0.6 is 0 Å². The maximum atomic E-state index is 13.5. The highest BCUT2D eigenvalue weighted by molar-refractivity contribution is 6.46. The van der Waals surface area contributed by atoms with Gasteiger partial charge in [0.05, 0.1) is 35.2 Å². The molecule has 1 aliphatic rings. The molecule has 2 amide bonds. The number of nitriles is 1. The lowest BCUT2D eigenvalue weighted by Gasteiger charge is -2.16. The van der Waals surface area contributed by atoms with E-state index >= 15 is 0 Å². The van der Waals surface area contributed by atoms with E-state index in [0.717, 1.165) is 4.90 Å². The van der Waals surface area contributed by atoms with Gasteiger partial charge < -0.3 is 10.1 Å². The van der Waals surface area contributed by atoms with Crippen molar-refractivity contribution in [2.45, 2.75) is 6.92 Å². The van der Waals surface area contributed by atoms with Crippen molar-refractivity contribution in [3.8, 4) is 11.8 Å². The third-order valence-electron chi connectivity index (χ3n) is 4.92. The molecule has 0 saturated carbocycles. The molecule has 0 aromatic heterocycles. The second-order valence-corrected chi connectivity index (χ2v) is 6.92. The highest BCUT2D eigenvalue weighted by Gasteiger charge is 2.40. The van der Waals surface area contributed by atoms with Crippen LogP contribution in [0.25, 0.3) is 5.57 Å². The third kappa shape index (κ3) is 3.82. The number of benzene rings is 3. The summed E-state index contributed by atoms with van der Waals surface area (Å²) >= 11 is 0. The highest BCUT2D eigenvalue weighted by Crippen LogP contribution is 2.35. The first-order valence-corrected chi connectivity index (χ1v) is 9.91. The Labute approximate surface area is 184 Å². The molecule has 0 saturated heterocycles. The van der Waals surface area contributed by atoms with Gasteiger partial charge >= 0.3 is 0 Å². The number of carbonyl (C=O) groups excluding carboxylic acids is 2. The summed E-state index contributed by atoms with van der Waals surface area (Å²) in [6, 6.07) is 20.6. The summed E-state index contributed by atoms with van der Waals surface area (Å²) in [5.74, 6) is -1.04. The first-order valence-electron chi connectivity index (χ1n) is 9.91. The lowest BCUT2D eigenvalue weighted by Crippen LogP contribution is -2.32. The summed E-state index contributed by atoms with van der Waals surface area (Å²) in [4.78, 5) is 27.8. The Bertz CT molecular complexity index is 1260. The maximum Gasteiger partial charge on any atom is 0.282 e. The summed E-state index contributed by atoms with van der Waals surface area (Å²) < 4.78 is 19.1. The molecule has 0 radical (unpaired) electrons. The third-order valence-corrected chi connectivity index (χ3v) is 4.92. The van der Waals surface area contributed by atoms with Crippen molar-refractivity contribution < 1.29 is 18.7 Å². The van der Waals surface area contributed by atoms with Crippen LogP contribution in [0.15, 0.2) is 78.5 Å². The average Bonchev–Trinajstić information content (AvgIpc) is 3.05. The monoisotopic (exact) mass is 427 g/mol. The van der Waals surface area contributed by atoms with Crippen LogP contribution in [-0.4, -0.2) is 18.4 Å². The number of carbonyl (C=O) groups is 2. The Hall–Kier alpha value is -4.44. The largest absolute Gasteiger partial charge is 0.492 e. The van der Waals surface area contributed by atoms with Gasteiger partial charge in [-0.3, -0.25) is 9.59 Å². The van der Waals surface area contributed by atoms with Crippen LogP contribution in [0, 0.1) is 17.1 Å². The molecule has 0 aliphatic carbocycles. The smallest absolute Gasteiger partial charge is 0.282 e. The Morgan fingerprint density at radius 1 is 0.969 bits per heavy atom. The highest BCUT2D eigenvalue weighted by atomic mass is 19.1. The minimum Gasteiger partial charge on any atom is -0.492 e. The first-order chi connectivity index (χ1) is 15.5. The summed E-state index contributed by atoms with van der Waals surface area (Å²) in [6.07, 6.45) is 0. The van der Waals surface area contributed by atoms with Gasteiger partial charge in [0.2, 0.25) is 0 Å². The van der Waals surface area contributed by atoms with Gasteiger partial charge in [-0.1, -0.05) is 24.3 Å². The molecule has 1 N–H and O–H groups in total. The van der Waals surface area contributed by atoms with E-state index in [9.17, 15) is 14.0 Å². The van der Waals surface area contributed by atoms with Gasteiger partial charge in [0, 0.05) is 0 Å². The average molecular weight is 427 g/mol. The zero-order valence-electron chi connectivity index (χ0n) is 17.1. The van der Waals surface area contributed by atoms with Crippen LogP contribution in [0.1, 0.15) is 18.1 Å². The van der Waals surface area contributed by atoms with Crippen molar-refractivity contribution in [2.24, 2.45) is 0 Å². The number of hydrogen-bond acceptors (Lipinski definition) is 5. The maximum absolute atomic E-state index is 13.5. The van der Waals surface area contributed by atoms with Gasteiger partial charge in [-0.25, -0.2) is 9.29 Å². The van der Waals surface area contributed by atoms with Crippen LogP contribution in [-0.2, 0) is 9.59 Å². The van der Waals surface area contributed by atoms with Gasteiger partial charge in [-0.15, -0.1) is 0 Å². The molecule has 3 aromatic carbocycles. The predicted octanol–water partition coefficient (Wildman–Crippen LogP) is 4.49. The van der Waals surface area contributed by atoms with Gasteiger partial charge in [0.25, 0.3) is 11.8 Å². The molecular weight excluding hydrogens is 409 g/mol. The van der Waals surface area contributed by atoms with Crippen molar-refractivity contribution in [1.82, 2.24) is 0 Å². The molecular formula is C25H18FN3O3. The van der Waals surface area contributed by atoms with E-state index in [-0.39, 0.29) is 11.3 Å². The van der Waals surface area contributed by atoms with E-state index in [4.69, 9.17) is 10.00 Å². The first kappa shape index (κ1) is 20.8. The fourth-order valence-corrected chi connectivity index (χ4v) is 3.44. The van der Waals surface area contributed by atoms with E-state index in [1.807, 2.05) is 13.0 Å². The van der Waals surface area contributed by atoms with Gasteiger partial charge in [-0.05, 0) is 61.0 Å². The number of halogens is 1. The van der Waals surface area contributed by atoms with Gasteiger partial charge in [0.15, 0.2) is 0 Å². The SMILES string of the molecule is CCOc1ccccc1NC1=C(c2ccc(F)cc2)C(=O)N(c2ccc(C#N)cc2)C1=O. The number of rotatable bonds is 6. The molecule has 158 valence electrons. The van der Waals surface area contributed by atoms with Crippen LogP contribution in [0.4, 0.5) is 15.8 Å². The fourth-order valence-electron chi connectivity index (χ4n) is 3.44. The van der Waals surface area contributed by atoms with Crippen LogP contribution < -0.4 is 15.0 Å². The quantitative estimate of drug-likeness (QED) is 0.586. The summed E-state index contributed by atoms with van der Waals surface area (Å²) in [7, 11) is 0. The predicted molar refractivity (Wildman–Crippen MR) is 118 cm³/mol. The Balaban J connectivity index is 1.81. The van der Waals surface area contributed by atoms with E-state index < -0.39 is 17.6 Å². The molecule has 0 atom stereocenters. The molecule has 32 heavy (non-hydrogen) atoms. The summed E-state index contributed by atoms with van der Waals surface area (Å²) in [6.45, 7) is 2.27. The Morgan fingerprint density at radius 3 is 2.31 bits per heavy atom. The van der Waals surface area contributed by atoms with E-state index in [1.54, 1.807) is 24.3 Å². The molecule has 7 heteroatoms. The molecule has 0 bridgehead atoms. The minimum absolute atomic E-state index is 0.0538. The van der Waals surface area contributed by atoms with Crippen molar-refractivity contribution in [2.75, 3.05) is 16.8 Å². The molecule has 6 nitrogen and oxygen atoms in total.